The molecular weight excluding hydrogens is 286 g/mol. The van der Waals surface area contributed by atoms with E-state index in [1.807, 2.05) is 12.1 Å². The van der Waals surface area contributed by atoms with Crippen molar-refractivity contribution in [2.75, 3.05) is 7.11 Å². The number of carbonyl (C=O) groups excluding carboxylic acids is 1. The summed E-state index contributed by atoms with van der Waals surface area (Å²) in [4.78, 5) is 16.1. The quantitative estimate of drug-likeness (QED) is 0.759. The molecule has 108 valence electrons. The van der Waals surface area contributed by atoms with Crippen molar-refractivity contribution in [1.29, 1.82) is 0 Å². The van der Waals surface area contributed by atoms with Crippen LogP contribution < -0.4 is 0 Å². The summed E-state index contributed by atoms with van der Waals surface area (Å²) in [5, 5.41) is 1.55. The zero-order valence-corrected chi connectivity index (χ0v) is 12.6. The maximum absolute atomic E-state index is 11.7. The molecule has 1 heterocycles. The Hall–Kier alpha value is -1.87. The molecule has 0 spiro atoms. The highest BCUT2D eigenvalue weighted by atomic mass is 35.5. The van der Waals surface area contributed by atoms with E-state index in [0.717, 1.165) is 29.3 Å². The fraction of sp³-hybridized carbons (Fsp3) is 0.294. The van der Waals surface area contributed by atoms with E-state index < -0.39 is 0 Å². The molecule has 0 saturated heterocycles. The van der Waals surface area contributed by atoms with E-state index in [2.05, 4.69) is 11.1 Å². The van der Waals surface area contributed by atoms with Crippen molar-refractivity contribution in [3.8, 4) is 0 Å². The number of benzene rings is 1. The predicted molar refractivity (Wildman–Crippen MR) is 84.5 cm³/mol. The van der Waals surface area contributed by atoms with E-state index in [-0.39, 0.29) is 5.97 Å². The van der Waals surface area contributed by atoms with Gasteiger partial charge in [0.1, 0.15) is 0 Å². The minimum absolute atomic E-state index is 0.347. The maximum Gasteiger partial charge on any atom is 0.337 e. The largest absolute Gasteiger partial charge is 0.465 e. The highest BCUT2D eigenvalue weighted by Crippen LogP contribution is 2.36. The first-order valence-corrected chi connectivity index (χ1v) is 7.44. The van der Waals surface area contributed by atoms with Gasteiger partial charge in [0.15, 0.2) is 0 Å². The molecule has 0 unspecified atom stereocenters. The van der Waals surface area contributed by atoms with Crippen molar-refractivity contribution >= 4 is 34.0 Å². The first-order chi connectivity index (χ1) is 10.2. The normalized spacial score (nSPS) is 14.9. The van der Waals surface area contributed by atoms with Gasteiger partial charge in [-0.1, -0.05) is 17.7 Å². The van der Waals surface area contributed by atoms with Crippen LogP contribution in [0.15, 0.2) is 30.5 Å². The van der Waals surface area contributed by atoms with E-state index in [9.17, 15) is 4.79 Å². The molecule has 0 fully saturated rings. The van der Waals surface area contributed by atoms with Crippen LogP contribution in [0.3, 0.4) is 0 Å². The van der Waals surface area contributed by atoms with E-state index in [4.69, 9.17) is 16.3 Å². The Kier molecular flexibility index (Phi) is 3.93. The van der Waals surface area contributed by atoms with Crippen molar-refractivity contribution in [2.24, 2.45) is 0 Å². The molecule has 1 aromatic heterocycles. The topological polar surface area (TPSA) is 39.2 Å². The Morgan fingerprint density at radius 2 is 2.19 bits per heavy atom. The fourth-order valence-corrected chi connectivity index (χ4v) is 3.08. The number of carbonyl (C=O) groups is 1. The Morgan fingerprint density at radius 1 is 1.33 bits per heavy atom. The maximum atomic E-state index is 11.7. The third-order valence-electron chi connectivity index (χ3n) is 3.85. The lowest BCUT2D eigenvalue weighted by Gasteiger charge is -2.16. The average molecular weight is 302 g/mol. The first-order valence-electron chi connectivity index (χ1n) is 7.06. The molecule has 21 heavy (non-hydrogen) atoms. The van der Waals surface area contributed by atoms with E-state index in [1.54, 1.807) is 12.3 Å². The molecule has 4 heteroatoms. The molecule has 0 aliphatic heterocycles. The van der Waals surface area contributed by atoms with Gasteiger partial charge in [0.2, 0.25) is 0 Å². The van der Waals surface area contributed by atoms with Crippen LogP contribution in [0.5, 0.6) is 0 Å². The first kappa shape index (κ1) is 14.1. The Bertz CT molecular complexity index is 737. The third-order valence-corrected chi connectivity index (χ3v) is 4.14. The van der Waals surface area contributed by atoms with Crippen LogP contribution in [0.2, 0.25) is 5.02 Å². The molecule has 2 aromatic rings. The van der Waals surface area contributed by atoms with Gasteiger partial charge in [0.25, 0.3) is 0 Å². The summed E-state index contributed by atoms with van der Waals surface area (Å²) in [5.41, 5.74) is 3.62. The lowest BCUT2D eigenvalue weighted by Crippen LogP contribution is -2.02. The molecule has 0 atom stereocenters. The molecule has 0 amide bonds. The molecule has 0 saturated carbocycles. The minimum atomic E-state index is -0.347. The average Bonchev–Trinajstić information content (AvgIpc) is 2.54. The number of allylic oxidation sites excluding steroid dienone is 2. The Balaban J connectivity index is 2.23. The fourth-order valence-electron chi connectivity index (χ4n) is 2.80. The van der Waals surface area contributed by atoms with Crippen LogP contribution in [0.4, 0.5) is 0 Å². The summed E-state index contributed by atoms with van der Waals surface area (Å²) in [6.07, 6.45) is 8.41. The van der Waals surface area contributed by atoms with E-state index in [1.165, 1.54) is 25.5 Å². The zero-order chi connectivity index (χ0) is 14.8. The third kappa shape index (κ3) is 2.66. The van der Waals surface area contributed by atoms with Gasteiger partial charge in [-0.15, -0.1) is 0 Å². The van der Waals surface area contributed by atoms with Gasteiger partial charge in [-0.2, -0.15) is 0 Å². The van der Waals surface area contributed by atoms with Crippen molar-refractivity contribution in [3.63, 3.8) is 0 Å². The van der Waals surface area contributed by atoms with E-state index in [0.29, 0.717) is 10.6 Å². The van der Waals surface area contributed by atoms with Gasteiger partial charge < -0.3 is 4.74 Å². The zero-order valence-electron chi connectivity index (χ0n) is 11.9. The summed E-state index contributed by atoms with van der Waals surface area (Å²) in [6.45, 7) is 0. The number of ether oxygens (including phenoxy) is 1. The smallest absolute Gasteiger partial charge is 0.337 e. The van der Waals surface area contributed by atoms with Gasteiger partial charge >= 0.3 is 5.97 Å². The number of rotatable bonds is 2. The van der Waals surface area contributed by atoms with Crippen molar-refractivity contribution in [2.45, 2.75) is 25.7 Å². The van der Waals surface area contributed by atoms with Gasteiger partial charge in [0, 0.05) is 17.1 Å². The second-order valence-corrected chi connectivity index (χ2v) is 5.59. The number of fused-ring (bicyclic) bond motifs is 1. The molecular formula is C17H16ClNO2. The molecule has 1 aliphatic rings. The van der Waals surface area contributed by atoms with E-state index >= 15 is 0 Å². The van der Waals surface area contributed by atoms with Gasteiger partial charge in [-0.3, -0.25) is 4.98 Å². The molecule has 1 aliphatic carbocycles. The van der Waals surface area contributed by atoms with Crippen LogP contribution in [-0.4, -0.2) is 18.1 Å². The summed E-state index contributed by atoms with van der Waals surface area (Å²) >= 11 is 6.38. The summed E-state index contributed by atoms with van der Waals surface area (Å²) in [6, 6.07) is 5.39. The number of halogens is 1. The molecule has 3 rings (SSSR count). The second-order valence-electron chi connectivity index (χ2n) is 5.18. The van der Waals surface area contributed by atoms with Crippen molar-refractivity contribution < 1.29 is 9.53 Å². The number of hydrogen-bond donors (Lipinski definition) is 0. The van der Waals surface area contributed by atoms with Gasteiger partial charge in [-0.25, -0.2) is 4.79 Å². The van der Waals surface area contributed by atoms with Crippen molar-refractivity contribution in [1.82, 2.24) is 4.98 Å². The standard InChI is InChI=1S/C17H16ClNO2/c1-21-17(20)12-7-8-15-13(9-12)16(14(18)10-19-15)11-5-3-2-4-6-11/h5,7-10H,2-4,6H2,1H3. The highest BCUT2D eigenvalue weighted by molar-refractivity contribution is 6.33. The van der Waals surface area contributed by atoms with Crippen LogP contribution >= 0.6 is 11.6 Å². The molecule has 0 bridgehead atoms. The van der Waals surface area contributed by atoms with Gasteiger partial charge in [-0.05, 0) is 49.5 Å². The lowest BCUT2D eigenvalue weighted by atomic mass is 9.91. The molecule has 1 aromatic carbocycles. The number of pyridine rings is 1. The Morgan fingerprint density at radius 3 is 2.90 bits per heavy atom. The van der Waals surface area contributed by atoms with Crippen molar-refractivity contribution in [3.05, 3.63) is 46.6 Å². The SMILES string of the molecule is COC(=O)c1ccc2ncc(Cl)c(C3=CCCCC3)c2c1. The van der Waals surface area contributed by atoms with Crippen LogP contribution in [-0.2, 0) is 4.74 Å². The van der Waals surface area contributed by atoms with Crippen LogP contribution in [0.25, 0.3) is 16.5 Å². The summed E-state index contributed by atoms with van der Waals surface area (Å²) in [7, 11) is 1.38. The van der Waals surface area contributed by atoms with Gasteiger partial charge in [0.05, 0.1) is 23.2 Å². The second kappa shape index (κ2) is 5.86. The summed E-state index contributed by atoms with van der Waals surface area (Å²) in [5.74, 6) is -0.347. The Labute approximate surface area is 128 Å². The number of nitrogens with zero attached hydrogens (tertiary/aromatic N) is 1. The molecule has 3 nitrogen and oxygen atoms in total. The van der Waals surface area contributed by atoms with Crippen LogP contribution in [0, 0.1) is 0 Å². The van der Waals surface area contributed by atoms with Crippen LogP contribution in [0.1, 0.15) is 41.6 Å². The molecule has 0 N–H and O–H groups in total. The number of esters is 1. The predicted octanol–water partition coefficient (Wildman–Crippen LogP) is 4.63. The molecule has 0 radical (unpaired) electrons. The number of methoxy groups -OCH3 is 1. The lowest BCUT2D eigenvalue weighted by molar-refractivity contribution is 0.0601. The number of hydrogen-bond acceptors (Lipinski definition) is 3. The monoisotopic (exact) mass is 301 g/mol. The number of aromatic nitrogens is 1. The minimum Gasteiger partial charge on any atom is -0.465 e. The highest BCUT2D eigenvalue weighted by Gasteiger charge is 2.16. The summed E-state index contributed by atoms with van der Waals surface area (Å²) < 4.78 is 4.79.